The Morgan fingerprint density at radius 2 is 2.45 bits per heavy atom. The van der Waals surface area contributed by atoms with Gasteiger partial charge in [-0.2, -0.15) is 0 Å². The van der Waals surface area contributed by atoms with Crippen molar-refractivity contribution in [3.8, 4) is 0 Å². The van der Waals surface area contributed by atoms with Crippen molar-refractivity contribution in [2.24, 2.45) is 4.99 Å². The van der Waals surface area contributed by atoms with Gasteiger partial charge in [-0.3, -0.25) is 9.79 Å². The van der Waals surface area contributed by atoms with Crippen LogP contribution < -0.4 is 5.32 Å². The highest BCUT2D eigenvalue weighted by atomic mass is 16.2. The molecule has 1 aliphatic rings. The average molecular weight is 150 g/mol. The number of carbonyl (C=O) groups excluding carboxylic acids is 1. The maximum absolute atomic E-state index is 11.0. The van der Waals surface area contributed by atoms with Crippen molar-refractivity contribution in [1.29, 1.82) is 0 Å². The molecule has 0 aromatic rings. The van der Waals surface area contributed by atoms with Gasteiger partial charge >= 0.3 is 0 Å². The Morgan fingerprint density at radius 3 is 2.91 bits per heavy atom. The minimum Gasteiger partial charge on any atom is -0.328 e. The first-order valence-corrected chi connectivity index (χ1v) is 3.36. The fraction of sp³-hybridized carbons (Fsp3) is 0.250. The molecule has 3 heteroatoms. The minimum atomic E-state index is -0.304. The number of rotatable bonds is 2. The van der Waals surface area contributed by atoms with Crippen LogP contribution in [-0.2, 0) is 4.79 Å². The molecular weight excluding hydrogens is 140 g/mol. The maximum atomic E-state index is 11.0. The van der Waals surface area contributed by atoms with Gasteiger partial charge in [-0.05, 0) is 12.8 Å². The van der Waals surface area contributed by atoms with Crippen LogP contribution in [0.15, 0.2) is 29.4 Å². The molecule has 0 bridgehead atoms. The van der Waals surface area contributed by atoms with Crippen molar-refractivity contribution in [3.05, 3.63) is 24.4 Å². The topological polar surface area (TPSA) is 41.5 Å². The summed E-state index contributed by atoms with van der Waals surface area (Å²) in [5.74, 6) is -0.0758. The first-order chi connectivity index (χ1) is 5.27. The van der Waals surface area contributed by atoms with Crippen LogP contribution in [0.2, 0.25) is 0 Å². The molecule has 0 aliphatic carbocycles. The predicted molar refractivity (Wildman–Crippen MR) is 44.4 cm³/mol. The standard InChI is InChI=1S/C8H10N2O/c1-3-4-6-5-7(9-2)8(11)10-6/h3-4,7H,1-2,5H2,(H,10,11)/b6-4-. The molecule has 1 atom stereocenters. The molecule has 0 aromatic carbocycles. The number of hydrogen-bond acceptors (Lipinski definition) is 2. The second-order valence-electron chi connectivity index (χ2n) is 2.32. The zero-order valence-corrected chi connectivity index (χ0v) is 6.21. The first kappa shape index (κ1) is 7.72. The molecule has 0 saturated carbocycles. The Hall–Kier alpha value is -1.38. The van der Waals surface area contributed by atoms with Gasteiger partial charge in [0, 0.05) is 12.1 Å². The molecule has 1 aliphatic heterocycles. The summed E-state index contributed by atoms with van der Waals surface area (Å²) in [4.78, 5) is 14.6. The largest absolute Gasteiger partial charge is 0.328 e. The van der Waals surface area contributed by atoms with E-state index in [2.05, 4.69) is 23.6 Å². The Balaban J connectivity index is 2.70. The highest BCUT2D eigenvalue weighted by molar-refractivity contribution is 5.87. The number of hydrogen-bond donors (Lipinski definition) is 1. The van der Waals surface area contributed by atoms with Gasteiger partial charge in [-0.15, -0.1) is 0 Å². The summed E-state index contributed by atoms with van der Waals surface area (Å²) >= 11 is 0. The van der Waals surface area contributed by atoms with Crippen LogP contribution in [0.4, 0.5) is 0 Å². The number of carbonyl (C=O) groups is 1. The van der Waals surface area contributed by atoms with Crippen molar-refractivity contribution in [1.82, 2.24) is 5.32 Å². The molecule has 11 heavy (non-hydrogen) atoms. The summed E-state index contributed by atoms with van der Waals surface area (Å²) in [6.07, 6.45) is 4.03. The molecule has 1 N–H and O–H groups in total. The van der Waals surface area contributed by atoms with E-state index < -0.39 is 0 Å². The van der Waals surface area contributed by atoms with Crippen LogP contribution in [0, 0.1) is 0 Å². The molecule has 0 spiro atoms. The normalized spacial score (nSPS) is 26.7. The van der Waals surface area contributed by atoms with E-state index in [1.54, 1.807) is 12.2 Å². The number of amides is 1. The number of allylic oxidation sites excluding steroid dienone is 2. The van der Waals surface area contributed by atoms with E-state index in [9.17, 15) is 4.79 Å². The average Bonchev–Trinajstić information content (AvgIpc) is 2.32. The lowest BCUT2D eigenvalue weighted by Crippen LogP contribution is -2.20. The van der Waals surface area contributed by atoms with Crippen molar-refractivity contribution in [2.75, 3.05) is 0 Å². The molecule has 1 amide bonds. The van der Waals surface area contributed by atoms with Gasteiger partial charge in [0.05, 0.1) is 0 Å². The zero-order chi connectivity index (χ0) is 8.27. The van der Waals surface area contributed by atoms with Crippen LogP contribution >= 0.6 is 0 Å². The van der Waals surface area contributed by atoms with Crippen molar-refractivity contribution in [3.63, 3.8) is 0 Å². The Kier molecular flexibility index (Phi) is 2.21. The van der Waals surface area contributed by atoms with Gasteiger partial charge in [0.15, 0.2) is 0 Å². The predicted octanol–water partition coefficient (Wildman–Crippen LogP) is 0.645. The fourth-order valence-corrected chi connectivity index (χ4v) is 0.993. The Morgan fingerprint density at radius 1 is 1.73 bits per heavy atom. The van der Waals surface area contributed by atoms with Gasteiger partial charge in [0.25, 0.3) is 0 Å². The maximum Gasteiger partial charge on any atom is 0.249 e. The molecule has 1 fully saturated rings. The van der Waals surface area contributed by atoms with E-state index in [1.807, 2.05) is 0 Å². The molecule has 1 saturated heterocycles. The van der Waals surface area contributed by atoms with Crippen molar-refractivity contribution >= 4 is 12.6 Å². The summed E-state index contributed by atoms with van der Waals surface area (Å²) in [7, 11) is 0. The van der Waals surface area contributed by atoms with Crippen LogP contribution in [-0.4, -0.2) is 18.7 Å². The van der Waals surface area contributed by atoms with Gasteiger partial charge in [0.1, 0.15) is 6.04 Å². The number of aliphatic imine (C=N–C) groups is 1. The van der Waals surface area contributed by atoms with Gasteiger partial charge < -0.3 is 5.32 Å². The van der Waals surface area contributed by atoms with Crippen LogP contribution in [0.5, 0.6) is 0 Å². The highest BCUT2D eigenvalue weighted by Gasteiger charge is 2.25. The molecule has 1 heterocycles. The van der Waals surface area contributed by atoms with Gasteiger partial charge in [-0.25, -0.2) is 0 Å². The minimum absolute atomic E-state index is 0.0758. The quantitative estimate of drug-likeness (QED) is 0.577. The molecular formula is C8H10N2O. The molecule has 0 aromatic heterocycles. The number of nitrogens with one attached hydrogen (secondary N) is 1. The van der Waals surface area contributed by atoms with E-state index in [4.69, 9.17) is 0 Å². The lowest BCUT2D eigenvalue weighted by Gasteiger charge is -1.92. The SMILES string of the molecule is C=C/C=C1/CC(N=C)C(=O)N1. The zero-order valence-electron chi connectivity index (χ0n) is 6.21. The summed E-state index contributed by atoms with van der Waals surface area (Å²) in [5.41, 5.74) is 0.863. The van der Waals surface area contributed by atoms with E-state index in [1.165, 1.54) is 0 Å². The third-order valence-corrected chi connectivity index (χ3v) is 1.54. The summed E-state index contributed by atoms with van der Waals surface area (Å²) in [6.45, 7) is 6.85. The van der Waals surface area contributed by atoms with E-state index in [0.717, 1.165) is 5.70 Å². The lowest BCUT2D eigenvalue weighted by molar-refractivity contribution is -0.119. The van der Waals surface area contributed by atoms with Crippen LogP contribution in [0.1, 0.15) is 6.42 Å². The summed E-state index contributed by atoms with van der Waals surface area (Å²) in [5, 5.41) is 2.67. The second-order valence-corrected chi connectivity index (χ2v) is 2.32. The highest BCUT2D eigenvalue weighted by Crippen LogP contribution is 2.13. The fourth-order valence-electron chi connectivity index (χ4n) is 0.993. The van der Waals surface area contributed by atoms with E-state index in [-0.39, 0.29) is 11.9 Å². The van der Waals surface area contributed by atoms with Gasteiger partial charge in [-0.1, -0.05) is 12.7 Å². The van der Waals surface area contributed by atoms with Crippen molar-refractivity contribution in [2.45, 2.75) is 12.5 Å². The second kappa shape index (κ2) is 3.14. The molecule has 58 valence electrons. The van der Waals surface area contributed by atoms with E-state index >= 15 is 0 Å². The molecule has 3 nitrogen and oxygen atoms in total. The summed E-state index contributed by atoms with van der Waals surface area (Å²) in [6, 6.07) is -0.304. The summed E-state index contributed by atoms with van der Waals surface area (Å²) < 4.78 is 0. The third kappa shape index (κ3) is 1.55. The first-order valence-electron chi connectivity index (χ1n) is 3.36. The lowest BCUT2D eigenvalue weighted by atomic mass is 10.2. The van der Waals surface area contributed by atoms with Crippen LogP contribution in [0.3, 0.4) is 0 Å². The van der Waals surface area contributed by atoms with Gasteiger partial charge in [0.2, 0.25) is 5.91 Å². The molecule has 0 radical (unpaired) electrons. The van der Waals surface area contributed by atoms with Crippen molar-refractivity contribution < 1.29 is 4.79 Å². The monoisotopic (exact) mass is 150 g/mol. The smallest absolute Gasteiger partial charge is 0.249 e. The number of nitrogens with zero attached hydrogens (tertiary/aromatic N) is 1. The third-order valence-electron chi connectivity index (χ3n) is 1.54. The molecule has 1 unspecified atom stereocenters. The van der Waals surface area contributed by atoms with Crippen LogP contribution in [0.25, 0.3) is 0 Å². The Bertz CT molecular complexity index is 230. The molecule has 1 rings (SSSR count). The van der Waals surface area contributed by atoms with E-state index in [0.29, 0.717) is 6.42 Å². The Labute approximate surface area is 65.5 Å².